The van der Waals surface area contributed by atoms with Crippen LogP contribution in [0.4, 0.5) is 14.5 Å². The number of anilines is 1. The van der Waals surface area contributed by atoms with E-state index in [1.54, 1.807) is 17.4 Å². The lowest BCUT2D eigenvalue weighted by Crippen LogP contribution is -2.30. The van der Waals surface area contributed by atoms with Crippen LogP contribution in [0.1, 0.15) is 33.5 Å². The number of thiophene rings is 1. The van der Waals surface area contributed by atoms with E-state index in [2.05, 4.69) is 5.32 Å². The van der Waals surface area contributed by atoms with Crippen LogP contribution in [0.25, 0.3) is 0 Å². The van der Waals surface area contributed by atoms with Gasteiger partial charge in [0, 0.05) is 22.3 Å². The molecule has 1 N–H and O–H groups in total. The molecule has 3 rings (SSSR count). The maximum atomic E-state index is 13.7. The monoisotopic (exact) mass is 418 g/mol. The molecule has 1 atom stereocenters. The average molecular weight is 418 g/mol. The third kappa shape index (κ3) is 4.71. The Morgan fingerprint density at radius 1 is 1.21 bits per heavy atom. The number of aromatic nitrogens is 1. The quantitative estimate of drug-likeness (QED) is 0.592. The molecule has 8 heteroatoms. The van der Waals surface area contributed by atoms with Gasteiger partial charge in [-0.05, 0) is 50.4 Å². The van der Waals surface area contributed by atoms with E-state index >= 15 is 0 Å². The minimum absolute atomic E-state index is 0.313. The van der Waals surface area contributed by atoms with Crippen LogP contribution in [-0.2, 0) is 16.1 Å². The zero-order valence-electron chi connectivity index (χ0n) is 16.2. The average Bonchev–Trinajstić information content (AvgIpc) is 3.28. The third-order valence-electron chi connectivity index (χ3n) is 4.53. The summed E-state index contributed by atoms with van der Waals surface area (Å²) in [5.74, 6) is -2.88. The molecular formula is C21H20F2N2O3S. The van der Waals surface area contributed by atoms with Gasteiger partial charge in [-0.1, -0.05) is 6.07 Å². The maximum absolute atomic E-state index is 13.7. The van der Waals surface area contributed by atoms with E-state index in [1.807, 2.05) is 35.9 Å². The second kappa shape index (κ2) is 8.57. The number of nitrogens with zero attached hydrogens (tertiary/aromatic N) is 1. The fraction of sp³-hybridized carbons (Fsp3) is 0.238. The molecule has 2 aromatic heterocycles. The van der Waals surface area contributed by atoms with Gasteiger partial charge in [0.2, 0.25) is 0 Å². The molecule has 0 aliphatic heterocycles. The zero-order chi connectivity index (χ0) is 21.1. The number of halogens is 2. The number of esters is 1. The lowest BCUT2D eigenvalue weighted by atomic mass is 10.2. The first-order valence-corrected chi connectivity index (χ1v) is 9.80. The van der Waals surface area contributed by atoms with Crippen molar-refractivity contribution in [3.05, 3.63) is 75.2 Å². The molecular weight excluding hydrogens is 398 g/mol. The van der Waals surface area contributed by atoms with Gasteiger partial charge in [0.15, 0.2) is 6.10 Å². The summed E-state index contributed by atoms with van der Waals surface area (Å²) in [6.45, 7) is 5.71. The Morgan fingerprint density at radius 3 is 2.66 bits per heavy atom. The number of benzene rings is 1. The molecule has 5 nitrogen and oxygen atoms in total. The Balaban J connectivity index is 1.69. The first-order chi connectivity index (χ1) is 13.8. The molecule has 152 valence electrons. The van der Waals surface area contributed by atoms with Crippen molar-refractivity contribution in [3.8, 4) is 0 Å². The summed E-state index contributed by atoms with van der Waals surface area (Å²) in [4.78, 5) is 26.0. The summed E-state index contributed by atoms with van der Waals surface area (Å²) < 4.78 is 34.2. The second-order valence-electron chi connectivity index (χ2n) is 6.61. The molecule has 0 unspecified atom stereocenters. The first kappa shape index (κ1) is 20.7. The van der Waals surface area contributed by atoms with Gasteiger partial charge in [-0.15, -0.1) is 11.3 Å². The van der Waals surface area contributed by atoms with Crippen LogP contribution in [0.3, 0.4) is 0 Å². The van der Waals surface area contributed by atoms with Gasteiger partial charge in [-0.25, -0.2) is 13.6 Å². The van der Waals surface area contributed by atoms with Crippen LogP contribution in [0.5, 0.6) is 0 Å². The van der Waals surface area contributed by atoms with Gasteiger partial charge in [0.25, 0.3) is 5.91 Å². The highest BCUT2D eigenvalue weighted by atomic mass is 32.1. The molecule has 1 aromatic carbocycles. The zero-order valence-corrected chi connectivity index (χ0v) is 17.0. The number of aryl methyl sites for hydroxylation is 1. The minimum atomic E-state index is -1.19. The van der Waals surface area contributed by atoms with Crippen molar-refractivity contribution in [2.75, 3.05) is 5.32 Å². The normalized spacial score (nSPS) is 11.9. The fourth-order valence-corrected chi connectivity index (χ4v) is 3.61. The van der Waals surface area contributed by atoms with E-state index in [0.29, 0.717) is 12.1 Å². The number of ether oxygens (including phenoxy) is 1. The van der Waals surface area contributed by atoms with Crippen molar-refractivity contribution in [2.45, 2.75) is 33.4 Å². The molecule has 0 aliphatic rings. The van der Waals surface area contributed by atoms with Crippen LogP contribution < -0.4 is 5.32 Å². The van der Waals surface area contributed by atoms with Gasteiger partial charge in [0.05, 0.1) is 17.8 Å². The number of hydrogen-bond donors (Lipinski definition) is 1. The molecule has 0 fully saturated rings. The minimum Gasteiger partial charge on any atom is -0.449 e. The van der Waals surface area contributed by atoms with E-state index in [-0.39, 0.29) is 5.69 Å². The smallest absolute Gasteiger partial charge is 0.340 e. The van der Waals surface area contributed by atoms with Gasteiger partial charge in [-0.2, -0.15) is 0 Å². The molecule has 0 spiro atoms. The van der Waals surface area contributed by atoms with Crippen LogP contribution >= 0.6 is 11.3 Å². The summed E-state index contributed by atoms with van der Waals surface area (Å²) in [6, 6.07) is 8.40. The van der Waals surface area contributed by atoms with Crippen molar-refractivity contribution in [1.29, 1.82) is 0 Å². The Morgan fingerprint density at radius 2 is 1.97 bits per heavy atom. The third-order valence-corrected chi connectivity index (χ3v) is 5.39. The summed E-state index contributed by atoms with van der Waals surface area (Å²) in [6.07, 6.45) is -1.19. The summed E-state index contributed by atoms with van der Waals surface area (Å²) in [7, 11) is 0. The van der Waals surface area contributed by atoms with Crippen molar-refractivity contribution in [1.82, 2.24) is 4.57 Å². The fourth-order valence-electron chi connectivity index (χ4n) is 2.91. The van der Waals surface area contributed by atoms with Crippen molar-refractivity contribution in [3.63, 3.8) is 0 Å². The van der Waals surface area contributed by atoms with E-state index < -0.39 is 29.6 Å². The Labute approximate surface area is 170 Å². The van der Waals surface area contributed by atoms with Crippen molar-refractivity contribution < 1.29 is 23.1 Å². The first-order valence-electron chi connectivity index (χ1n) is 8.92. The van der Waals surface area contributed by atoms with Gasteiger partial charge in [0.1, 0.15) is 11.6 Å². The molecule has 0 bridgehead atoms. The largest absolute Gasteiger partial charge is 0.449 e. The van der Waals surface area contributed by atoms with Crippen LogP contribution in [0, 0.1) is 25.5 Å². The van der Waals surface area contributed by atoms with Gasteiger partial charge >= 0.3 is 5.97 Å². The van der Waals surface area contributed by atoms with Crippen molar-refractivity contribution in [2.24, 2.45) is 0 Å². The van der Waals surface area contributed by atoms with Crippen LogP contribution in [-0.4, -0.2) is 22.5 Å². The standard InChI is InChI=1S/C21H20F2N2O3S/c1-12-9-17(13(2)25(12)11-16-5-4-8-29-16)21(27)28-14(3)20(26)24-19-10-15(22)6-7-18(19)23/h4-10,14H,11H2,1-3H3,(H,24,26)/t14-/m1/s1. The molecule has 29 heavy (non-hydrogen) atoms. The predicted molar refractivity (Wildman–Crippen MR) is 107 cm³/mol. The van der Waals surface area contributed by atoms with Crippen molar-refractivity contribution >= 4 is 28.9 Å². The number of rotatable bonds is 6. The maximum Gasteiger partial charge on any atom is 0.340 e. The van der Waals surface area contributed by atoms with E-state index in [9.17, 15) is 18.4 Å². The Kier molecular flexibility index (Phi) is 6.12. The second-order valence-corrected chi connectivity index (χ2v) is 7.64. The summed E-state index contributed by atoms with van der Waals surface area (Å²) >= 11 is 1.62. The highest BCUT2D eigenvalue weighted by Gasteiger charge is 2.23. The molecule has 0 saturated carbocycles. The lowest BCUT2D eigenvalue weighted by molar-refractivity contribution is -0.123. The number of amides is 1. The summed E-state index contributed by atoms with van der Waals surface area (Å²) in [5, 5.41) is 4.22. The number of hydrogen-bond acceptors (Lipinski definition) is 4. The lowest BCUT2D eigenvalue weighted by Gasteiger charge is -2.14. The van der Waals surface area contributed by atoms with Crippen LogP contribution in [0.2, 0.25) is 0 Å². The highest BCUT2D eigenvalue weighted by Crippen LogP contribution is 2.21. The summed E-state index contributed by atoms with van der Waals surface area (Å²) in [5.41, 5.74) is 1.66. The SMILES string of the molecule is Cc1cc(C(=O)O[C@H](C)C(=O)Nc2cc(F)ccc2F)c(C)n1Cc1cccs1. The highest BCUT2D eigenvalue weighted by molar-refractivity contribution is 7.09. The molecule has 2 heterocycles. The molecule has 0 radical (unpaired) electrons. The Bertz CT molecular complexity index is 1040. The number of carbonyl (C=O) groups is 2. The van der Waals surface area contributed by atoms with Gasteiger partial charge < -0.3 is 14.6 Å². The molecule has 0 aliphatic carbocycles. The number of carbonyl (C=O) groups excluding carboxylic acids is 2. The topological polar surface area (TPSA) is 60.3 Å². The molecule has 1 amide bonds. The van der Waals surface area contributed by atoms with Crippen LogP contribution in [0.15, 0.2) is 41.8 Å². The van der Waals surface area contributed by atoms with E-state index in [1.165, 1.54) is 6.92 Å². The predicted octanol–water partition coefficient (Wildman–Crippen LogP) is 4.68. The Hall–Kier alpha value is -3.00. The van der Waals surface area contributed by atoms with Gasteiger partial charge in [-0.3, -0.25) is 4.79 Å². The molecule has 3 aromatic rings. The molecule has 0 saturated heterocycles. The number of nitrogens with one attached hydrogen (secondary N) is 1. The van der Waals surface area contributed by atoms with E-state index in [4.69, 9.17) is 4.74 Å². The van der Waals surface area contributed by atoms with E-state index in [0.717, 1.165) is 34.5 Å².